The van der Waals surface area contributed by atoms with Gasteiger partial charge < -0.3 is 53.9 Å². The molecule has 0 bridgehead atoms. The number of phosphoric ester groups is 4. The van der Waals surface area contributed by atoms with Gasteiger partial charge in [-0.1, -0.05) is 141 Å². The fourth-order valence-electron chi connectivity index (χ4n) is 7.78. The van der Waals surface area contributed by atoms with Crippen molar-refractivity contribution < 1.29 is 104 Å². The molecule has 0 aromatic heterocycles. The van der Waals surface area contributed by atoms with Crippen LogP contribution in [-0.4, -0.2) is 112 Å². The predicted octanol–water partition coefficient (Wildman–Crippen LogP) is 9.19. The lowest BCUT2D eigenvalue weighted by atomic mass is 9.85. The van der Waals surface area contributed by atoms with E-state index in [0.717, 1.165) is 83.5 Å². The van der Waals surface area contributed by atoms with Gasteiger partial charge in [0.25, 0.3) is 0 Å². The number of esters is 2. The third kappa shape index (κ3) is 36.4. The Hall–Kier alpha value is -1.22. The van der Waals surface area contributed by atoms with Crippen molar-refractivity contribution in [2.45, 2.75) is 236 Å². The third-order valence-corrected chi connectivity index (χ3v) is 14.0. The van der Waals surface area contributed by atoms with Gasteiger partial charge in [-0.15, -0.1) is 0 Å². The number of carbonyl (C=O) groups excluding carboxylic acids is 2. The average molecular weight is 1100 g/mol. The van der Waals surface area contributed by atoms with Gasteiger partial charge in [0.15, 0.2) is 6.10 Å². The molecule has 1 aliphatic carbocycles. The summed E-state index contributed by atoms with van der Waals surface area (Å²) in [5, 5.41) is 21.9. The van der Waals surface area contributed by atoms with E-state index in [1.165, 1.54) is 64.2 Å². The number of allylic oxidation sites excluding steroid dienone is 4. The van der Waals surface area contributed by atoms with E-state index in [0.29, 0.717) is 19.3 Å². The van der Waals surface area contributed by atoms with Gasteiger partial charge in [-0.3, -0.25) is 32.2 Å². The van der Waals surface area contributed by atoms with Crippen molar-refractivity contribution >= 4 is 43.2 Å². The highest BCUT2D eigenvalue weighted by molar-refractivity contribution is 7.47. The Morgan fingerprint density at radius 3 is 1.17 bits per heavy atom. The summed E-state index contributed by atoms with van der Waals surface area (Å²) < 4.78 is 82.2. The quantitative estimate of drug-likeness (QED) is 0.0119. The first kappa shape index (κ1) is 67.8. The van der Waals surface area contributed by atoms with E-state index >= 15 is 0 Å². The van der Waals surface area contributed by atoms with Gasteiger partial charge in [0.05, 0.1) is 6.61 Å². The van der Waals surface area contributed by atoms with Crippen molar-refractivity contribution in [2.24, 2.45) is 0 Å². The molecule has 8 atom stereocenters. The maximum absolute atomic E-state index is 13.3. The molecule has 0 radical (unpaired) electrons. The van der Waals surface area contributed by atoms with Crippen LogP contribution >= 0.6 is 31.3 Å². The van der Waals surface area contributed by atoms with Crippen LogP contribution in [0.3, 0.4) is 0 Å². The molecule has 1 rings (SSSR count). The molecule has 9 N–H and O–H groups in total. The van der Waals surface area contributed by atoms with E-state index in [2.05, 4.69) is 51.7 Å². The maximum Gasteiger partial charge on any atom is 0.472 e. The first-order valence-electron chi connectivity index (χ1n) is 25.4. The number of ether oxygens (including phenoxy) is 2. The van der Waals surface area contributed by atoms with Crippen molar-refractivity contribution in [3.8, 4) is 0 Å². The summed E-state index contributed by atoms with van der Waals surface area (Å²) in [5.74, 6) is -1.41. The lowest BCUT2D eigenvalue weighted by Gasteiger charge is -2.45. The summed E-state index contributed by atoms with van der Waals surface area (Å²) in [6, 6.07) is 0. The van der Waals surface area contributed by atoms with Gasteiger partial charge in [-0.25, -0.2) is 18.3 Å². The monoisotopic (exact) mass is 1100 g/mol. The molecule has 418 valence electrons. The summed E-state index contributed by atoms with van der Waals surface area (Å²) in [4.78, 5) is 92.9. The largest absolute Gasteiger partial charge is 0.472 e. The molecule has 0 aromatic rings. The zero-order chi connectivity index (χ0) is 53.2. The van der Waals surface area contributed by atoms with Gasteiger partial charge in [-0.05, 0) is 64.2 Å². The average Bonchev–Trinajstić information content (AvgIpc) is 3.27. The van der Waals surface area contributed by atoms with Crippen molar-refractivity contribution in [1.29, 1.82) is 0 Å². The molecule has 0 heterocycles. The number of hydrogen-bond acceptors (Lipinski definition) is 15. The highest BCUT2D eigenvalue weighted by Crippen LogP contribution is 2.53. The van der Waals surface area contributed by atoms with Crippen LogP contribution in [0.1, 0.15) is 194 Å². The van der Waals surface area contributed by atoms with Gasteiger partial charge in [0, 0.05) is 12.8 Å². The first-order valence-corrected chi connectivity index (χ1v) is 31.5. The Balaban J connectivity index is 2.88. The Morgan fingerprint density at radius 2 is 0.775 bits per heavy atom. The SMILES string of the molecule is CCCCCC/C=C\CCCCCCCCCC(=O)O[C@H](COC(=O)CCCCCCC/C=C\CCCCCCCC)COP(=O)(O)OC1C(O)C(OP(=O)(O)O)C(OP(=O)(O)O)[C@@H](OP(=O)(O)O)C1O. The number of phosphoric acid groups is 4. The molecule has 6 unspecified atom stereocenters. The topological polar surface area (TPSA) is 349 Å². The fraction of sp³-hybridized carbons (Fsp3) is 0.867. The van der Waals surface area contributed by atoms with Crippen LogP contribution in [-0.2, 0) is 59.9 Å². The zero-order valence-corrected chi connectivity index (χ0v) is 45.3. The lowest BCUT2D eigenvalue weighted by Crippen LogP contribution is -2.65. The van der Waals surface area contributed by atoms with Crippen molar-refractivity contribution in [1.82, 2.24) is 0 Å². The summed E-state index contributed by atoms with van der Waals surface area (Å²) in [7, 11) is -23.0. The summed E-state index contributed by atoms with van der Waals surface area (Å²) >= 11 is 0. The standard InChI is InChI=1S/C45H86O22P4/c1-3-5-7-9-11-13-15-17-19-21-23-25-27-29-31-33-38(46)61-35-37(63-39(47)34-32-30-28-26-24-22-20-18-16-14-12-10-8-6-4-2)36-62-71(59,60)67-42-40(48)43(64-68(50,51)52)45(66-70(56,57)58)44(41(42)49)65-69(53,54)55/h14,16-17,19,37,40-45,48-49H,3-13,15,18,20-36H2,1-2H3,(H,59,60)(H2,50,51,52)(H2,53,54,55)(H2,56,57,58)/b16-14-,19-17-/t37-,40?,41?,42?,43+,44?,45?/m1/s1. The molecular formula is C45H86O22P4. The normalized spacial score (nSPS) is 21.5. The molecule has 71 heavy (non-hydrogen) atoms. The Bertz CT molecular complexity index is 1650. The van der Waals surface area contributed by atoms with Crippen LogP contribution in [0.15, 0.2) is 24.3 Å². The molecule has 1 aliphatic rings. The molecule has 26 heteroatoms. The third-order valence-electron chi connectivity index (χ3n) is 11.5. The van der Waals surface area contributed by atoms with E-state index in [1.807, 2.05) is 0 Å². The van der Waals surface area contributed by atoms with Crippen LogP contribution in [0.4, 0.5) is 0 Å². The van der Waals surface area contributed by atoms with E-state index in [1.54, 1.807) is 0 Å². The smallest absolute Gasteiger partial charge is 0.462 e. The van der Waals surface area contributed by atoms with Gasteiger partial charge >= 0.3 is 43.2 Å². The molecule has 0 spiro atoms. The van der Waals surface area contributed by atoms with Crippen LogP contribution < -0.4 is 0 Å². The second-order valence-electron chi connectivity index (χ2n) is 18.0. The minimum atomic E-state index is -5.79. The number of rotatable bonds is 44. The summed E-state index contributed by atoms with van der Waals surface area (Å²) in [5.41, 5.74) is 0. The molecule has 0 aromatic carbocycles. The van der Waals surface area contributed by atoms with Gasteiger partial charge in [0.2, 0.25) is 0 Å². The Morgan fingerprint density at radius 1 is 0.437 bits per heavy atom. The molecule has 22 nitrogen and oxygen atoms in total. The highest BCUT2D eigenvalue weighted by atomic mass is 31.2. The summed E-state index contributed by atoms with van der Waals surface area (Å²) in [6.45, 7) is 2.74. The van der Waals surface area contributed by atoms with Crippen molar-refractivity contribution in [3.63, 3.8) is 0 Å². The zero-order valence-electron chi connectivity index (χ0n) is 41.7. The van der Waals surface area contributed by atoms with Crippen LogP contribution in [0.2, 0.25) is 0 Å². The van der Waals surface area contributed by atoms with Crippen LogP contribution in [0.25, 0.3) is 0 Å². The minimum Gasteiger partial charge on any atom is -0.462 e. The van der Waals surface area contributed by atoms with E-state index < -0.39 is 99.2 Å². The van der Waals surface area contributed by atoms with E-state index in [9.17, 15) is 72.3 Å². The molecule has 1 saturated carbocycles. The van der Waals surface area contributed by atoms with Crippen molar-refractivity contribution in [2.75, 3.05) is 13.2 Å². The number of unbranched alkanes of at least 4 members (excludes halogenated alkanes) is 22. The lowest BCUT2D eigenvalue weighted by molar-refractivity contribution is -0.209. The highest BCUT2D eigenvalue weighted by Gasteiger charge is 2.59. The van der Waals surface area contributed by atoms with Crippen LogP contribution in [0, 0.1) is 0 Å². The van der Waals surface area contributed by atoms with Gasteiger partial charge in [0.1, 0.15) is 43.2 Å². The Labute approximate surface area is 420 Å². The van der Waals surface area contributed by atoms with E-state index in [-0.39, 0.29) is 12.8 Å². The molecule has 0 aliphatic heterocycles. The van der Waals surface area contributed by atoms with E-state index in [4.69, 9.17) is 18.5 Å². The number of aliphatic hydroxyl groups is 2. The fourth-order valence-corrected chi connectivity index (χ4v) is 10.4. The molecule has 1 fully saturated rings. The number of aliphatic hydroxyl groups excluding tert-OH is 2. The van der Waals surface area contributed by atoms with Crippen molar-refractivity contribution in [3.05, 3.63) is 24.3 Å². The molecule has 0 saturated heterocycles. The van der Waals surface area contributed by atoms with Crippen LogP contribution in [0.5, 0.6) is 0 Å². The minimum absolute atomic E-state index is 0.0248. The number of hydrogen-bond donors (Lipinski definition) is 9. The second-order valence-corrected chi connectivity index (χ2v) is 22.9. The number of carbonyl (C=O) groups is 2. The predicted molar refractivity (Wildman–Crippen MR) is 263 cm³/mol. The maximum atomic E-state index is 13.3. The second kappa shape index (κ2) is 38.3. The summed E-state index contributed by atoms with van der Waals surface area (Å²) in [6.07, 6.45) is 18.1. The molecular weight excluding hydrogens is 1020 g/mol. The molecule has 0 amide bonds. The van der Waals surface area contributed by atoms with Gasteiger partial charge in [-0.2, -0.15) is 0 Å². The first-order chi connectivity index (χ1) is 33.5. The Kier molecular flexibility index (Phi) is 36.6.